The molecule has 3 aromatic rings. The molecule has 1 aromatic carbocycles. The number of carbonyl (C=O) groups is 1. The summed E-state index contributed by atoms with van der Waals surface area (Å²) in [5.74, 6) is 0.816. The third kappa shape index (κ3) is 4.33. The van der Waals surface area contributed by atoms with Gasteiger partial charge in [0.2, 0.25) is 0 Å². The lowest BCUT2D eigenvalue weighted by atomic mass is 9.89. The number of thiophene rings is 1. The average molecular weight is 399 g/mol. The van der Waals surface area contributed by atoms with Crippen molar-refractivity contribution >= 4 is 39.3 Å². The van der Waals surface area contributed by atoms with E-state index >= 15 is 0 Å². The molecule has 2 aromatic heterocycles. The number of nitrogens with zero attached hydrogens (tertiary/aromatic N) is 2. The molecule has 1 aliphatic rings. The van der Waals surface area contributed by atoms with Crippen molar-refractivity contribution < 1.29 is 9.53 Å². The van der Waals surface area contributed by atoms with Crippen molar-refractivity contribution in [3.05, 3.63) is 52.7 Å². The van der Waals surface area contributed by atoms with Crippen molar-refractivity contribution in [2.45, 2.75) is 37.6 Å². The molecule has 0 saturated heterocycles. The first-order valence-corrected chi connectivity index (χ1v) is 11.1. The first-order valence-electron chi connectivity index (χ1n) is 9.28. The number of fused-ring (bicyclic) bond motifs is 3. The number of thioether (sulfide) groups is 1. The SMILES string of the molecule is CC1CCc2c(sc3ncnc(SCC(=O)OCCc4ccccc4)c23)C1. The van der Waals surface area contributed by atoms with E-state index < -0.39 is 0 Å². The summed E-state index contributed by atoms with van der Waals surface area (Å²) in [5.41, 5.74) is 2.57. The normalized spacial score (nSPS) is 16.3. The summed E-state index contributed by atoms with van der Waals surface area (Å²) >= 11 is 3.25. The maximum Gasteiger partial charge on any atom is 0.316 e. The molecule has 2 heterocycles. The molecule has 0 saturated carbocycles. The van der Waals surface area contributed by atoms with Gasteiger partial charge in [-0.25, -0.2) is 9.97 Å². The van der Waals surface area contributed by atoms with E-state index in [0.717, 1.165) is 40.4 Å². The van der Waals surface area contributed by atoms with Gasteiger partial charge < -0.3 is 4.74 Å². The summed E-state index contributed by atoms with van der Waals surface area (Å²) in [7, 11) is 0. The van der Waals surface area contributed by atoms with Crippen LogP contribution in [0.5, 0.6) is 0 Å². The summed E-state index contributed by atoms with van der Waals surface area (Å²) in [6, 6.07) is 10.1. The fourth-order valence-electron chi connectivity index (χ4n) is 3.45. The van der Waals surface area contributed by atoms with E-state index in [-0.39, 0.29) is 11.7 Å². The predicted octanol–water partition coefficient (Wildman–Crippen LogP) is 4.69. The van der Waals surface area contributed by atoms with Crippen LogP contribution < -0.4 is 0 Å². The van der Waals surface area contributed by atoms with Crippen molar-refractivity contribution in [2.75, 3.05) is 12.4 Å². The summed E-state index contributed by atoms with van der Waals surface area (Å²) in [5, 5.41) is 2.07. The number of ether oxygens (including phenoxy) is 1. The zero-order chi connectivity index (χ0) is 18.6. The first kappa shape index (κ1) is 18.4. The number of aromatic nitrogens is 2. The summed E-state index contributed by atoms with van der Waals surface area (Å²) in [6.07, 6.45) is 5.77. The van der Waals surface area contributed by atoms with Gasteiger partial charge in [0.15, 0.2) is 0 Å². The van der Waals surface area contributed by atoms with E-state index in [9.17, 15) is 4.79 Å². The van der Waals surface area contributed by atoms with E-state index in [1.807, 2.05) is 30.3 Å². The van der Waals surface area contributed by atoms with Gasteiger partial charge in [-0.15, -0.1) is 11.3 Å². The van der Waals surface area contributed by atoms with E-state index in [4.69, 9.17) is 4.74 Å². The lowest BCUT2D eigenvalue weighted by Crippen LogP contribution is -2.10. The number of esters is 1. The van der Waals surface area contributed by atoms with Crippen molar-refractivity contribution in [3.63, 3.8) is 0 Å². The maximum absolute atomic E-state index is 12.1. The minimum Gasteiger partial charge on any atom is -0.465 e. The summed E-state index contributed by atoms with van der Waals surface area (Å²) < 4.78 is 5.39. The monoisotopic (exact) mass is 398 g/mol. The van der Waals surface area contributed by atoms with Crippen LogP contribution in [0.2, 0.25) is 0 Å². The number of benzene rings is 1. The summed E-state index contributed by atoms with van der Waals surface area (Å²) in [6.45, 7) is 2.72. The van der Waals surface area contributed by atoms with Crippen LogP contribution in [-0.2, 0) is 28.8 Å². The molecule has 4 nitrogen and oxygen atoms in total. The molecular formula is C21H22N2O2S2. The zero-order valence-corrected chi connectivity index (χ0v) is 16.9. The van der Waals surface area contributed by atoms with Gasteiger partial charge in [-0.3, -0.25) is 4.79 Å². The molecule has 4 rings (SSSR count). The Morgan fingerprint density at radius 2 is 2.15 bits per heavy atom. The second-order valence-electron chi connectivity index (χ2n) is 6.96. The lowest BCUT2D eigenvalue weighted by molar-refractivity contribution is -0.140. The van der Waals surface area contributed by atoms with Crippen LogP contribution in [0.3, 0.4) is 0 Å². The Bertz CT molecular complexity index is 940. The molecule has 1 aliphatic carbocycles. The van der Waals surface area contributed by atoms with Crippen LogP contribution in [0.15, 0.2) is 41.7 Å². The standard InChI is InChI=1S/C21H22N2O2S2/c1-14-7-8-16-17(11-14)27-21-19(16)20(22-13-23-21)26-12-18(24)25-10-9-15-5-3-2-4-6-15/h2-6,13-14H,7-12H2,1H3. The molecule has 0 radical (unpaired) electrons. The topological polar surface area (TPSA) is 52.1 Å². The third-order valence-electron chi connectivity index (χ3n) is 4.88. The van der Waals surface area contributed by atoms with Gasteiger partial charge in [-0.05, 0) is 36.3 Å². The highest BCUT2D eigenvalue weighted by Gasteiger charge is 2.23. The quantitative estimate of drug-likeness (QED) is 0.342. The number of rotatable bonds is 6. The zero-order valence-electron chi connectivity index (χ0n) is 15.3. The van der Waals surface area contributed by atoms with Gasteiger partial charge in [-0.1, -0.05) is 49.0 Å². The van der Waals surface area contributed by atoms with Crippen LogP contribution in [0.1, 0.15) is 29.3 Å². The van der Waals surface area contributed by atoms with Gasteiger partial charge in [0.05, 0.1) is 12.4 Å². The predicted molar refractivity (Wildman–Crippen MR) is 110 cm³/mol. The maximum atomic E-state index is 12.1. The van der Waals surface area contributed by atoms with Crippen LogP contribution in [0.25, 0.3) is 10.2 Å². The van der Waals surface area contributed by atoms with Gasteiger partial charge in [0, 0.05) is 16.7 Å². The smallest absolute Gasteiger partial charge is 0.316 e. The van der Waals surface area contributed by atoms with Crippen LogP contribution >= 0.6 is 23.1 Å². The molecule has 6 heteroatoms. The molecule has 1 atom stereocenters. The number of hydrogen-bond acceptors (Lipinski definition) is 6. The second-order valence-corrected chi connectivity index (χ2v) is 9.00. The lowest BCUT2D eigenvalue weighted by Gasteiger charge is -2.18. The molecule has 0 fully saturated rings. The second kappa shape index (κ2) is 8.40. The molecule has 140 valence electrons. The molecule has 1 unspecified atom stereocenters. The molecule has 0 N–H and O–H groups in total. The minimum atomic E-state index is -0.194. The van der Waals surface area contributed by atoms with Gasteiger partial charge in [0.25, 0.3) is 0 Å². The molecule has 27 heavy (non-hydrogen) atoms. The van der Waals surface area contributed by atoms with E-state index in [1.54, 1.807) is 17.7 Å². The van der Waals surface area contributed by atoms with Crippen LogP contribution in [0, 0.1) is 5.92 Å². The number of carbonyl (C=O) groups excluding carboxylic acids is 1. The Morgan fingerprint density at radius 1 is 1.30 bits per heavy atom. The van der Waals surface area contributed by atoms with Crippen molar-refractivity contribution in [1.82, 2.24) is 9.97 Å². The van der Waals surface area contributed by atoms with E-state index in [1.165, 1.54) is 34.2 Å². The molecule has 0 aliphatic heterocycles. The van der Waals surface area contributed by atoms with Crippen molar-refractivity contribution in [3.8, 4) is 0 Å². The highest BCUT2D eigenvalue weighted by atomic mass is 32.2. The van der Waals surface area contributed by atoms with Crippen LogP contribution in [-0.4, -0.2) is 28.3 Å². The number of aryl methyl sites for hydroxylation is 1. The van der Waals surface area contributed by atoms with Crippen molar-refractivity contribution in [1.29, 1.82) is 0 Å². The average Bonchev–Trinajstić information content (AvgIpc) is 3.05. The van der Waals surface area contributed by atoms with Gasteiger partial charge >= 0.3 is 5.97 Å². The highest BCUT2D eigenvalue weighted by Crippen LogP contribution is 2.40. The molecule has 0 amide bonds. The Morgan fingerprint density at radius 3 is 3.00 bits per heavy atom. The fraction of sp³-hybridized carbons (Fsp3) is 0.381. The summed E-state index contributed by atoms with van der Waals surface area (Å²) in [4.78, 5) is 23.5. The van der Waals surface area contributed by atoms with Gasteiger partial charge in [0.1, 0.15) is 16.2 Å². The molecule has 0 bridgehead atoms. The Hall–Kier alpha value is -1.92. The van der Waals surface area contributed by atoms with Crippen LogP contribution in [0.4, 0.5) is 0 Å². The Balaban J connectivity index is 1.38. The number of hydrogen-bond donors (Lipinski definition) is 0. The fourth-order valence-corrected chi connectivity index (χ4v) is 5.69. The Labute approximate surface area is 167 Å². The Kier molecular flexibility index (Phi) is 5.74. The first-order chi connectivity index (χ1) is 13.2. The third-order valence-corrected chi connectivity index (χ3v) is 7.01. The largest absolute Gasteiger partial charge is 0.465 e. The molecular weight excluding hydrogens is 376 g/mol. The van der Waals surface area contributed by atoms with E-state index in [0.29, 0.717) is 6.61 Å². The highest BCUT2D eigenvalue weighted by molar-refractivity contribution is 8.00. The van der Waals surface area contributed by atoms with E-state index in [2.05, 4.69) is 16.9 Å². The minimum absolute atomic E-state index is 0.194. The molecule has 0 spiro atoms. The van der Waals surface area contributed by atoms with Crippen molar-refractivity contribution in [2.24, 2.45) is 5.92 Å². The van der Waals surface area contributed by atoms with Gasteiger partial charge in [-0.2, -0.15) is 0 Å².